The molecule has 1 aliphatic rings. The first-order valence-electron chi connectivity index (χ1n) is 4.65. The maximum absolute atomic E-state index is 11.6. The summed E-state index contributed by atoms with van der Waals surface area (Å²) in [5, 5.41) is 7.81. The minimum absolute atomic E-state index is 0.00296. The van der Waals surface area contributed by atoms with Gasteiger partial charge in [0.15, 0.2) is 0 Å². The molecule has 0 aliphatic carbocycles. The van der Waals surface area contributed by atoms with Crippen LogP contribution in [0.5, 0.6) is 0 Å². The van der Waals surface area contributed by atoms with E-state index in [1.807, 2.05) is 13.8 Å². The Morgan fingerprint density at radius 3 is 2.79 bits per heavy atom. The van der Waals surface area contributed by atoms with E-state index in [1.165, 1.54) is 11.3 Å². The van der Waals surface area contributed by atoms with Gasteiger partial charge < -0.3 is 10.6 Å². The van der Waals surface area contributed by atoms with Gasteiger partial charge in [0.2, 0.25) is 5.91 Å². The monoisotopic (exact) mass is 211 g/mol. The highest BCUT2D eigenvalue weighted by Gasteiger charge is 2.25. The molecule has 2 N–H and O–H groups in total. The molecular weight excluding hydrogens is 198 g/mol. The van der Waals surface area contributed by atoms with Crippen LogP contribution >= 0.6 is 11.3 Å². The van der Waals surface area contributed by atoms with Crippen molar-refractivity contribution in [2.75, 3.05) is 11.9 Å². The third-order valence-corrected chi connectivity index (χ3v) is 3.27. The first-order valence-corrected chi connectivity index (χ1v) is 5.47. The molecule has 1 amide bonds. The highest BCUT2D eigenvalue weighted by molar-refractivity contribution is 7.16. The number of amides is 1. The average Bonchev–Trinajstić information content (AvgIpc) is 2.26. The van der Waals surface area contributed by atoms with Gasteiger partial charge in [0.05, 0.1) is 16.7 Å². The van der Waals surface area contributed by atoms with E-state index in [1.54, 1.807) is 0 Å². The van der Waals surface area contributed by atoms with Gasteiger partial charge in [-0.2, -0.15) is 0 Å². The van der Waals surface area contributed by atoms with E-state index in [9.17, 15) is 4.79 Å². The first kappa shape index (κ1) is 9.61. The summed E-state index contributed by atoms with van der Waals surface area (Å²) in [5.74, 6) is 0.0583. The summed E-state index contributed by atoms with van der Waals surface area (Å²) in [5.41, 5.74) is 0.903. The molecule has 0 bridgehead atoms. The topological polar surface area (TPSA) is 54.0 Å². The second-order valence-corrected chi connectivity index (χ2v) is 4.64. The Morgan fingerprint density at radius 2 is 2.36 bits per heavy atom. The minimum atomic E-state index is -0.00296. The van der Waals surface area contributed by atoms with Crippen molar-refractivity contribution in [1.29, 1.82) is 0 Å². The summed E-state index contributed by atoms with van der Waals surface area (Å²) in [7, 11) is 0. The third kappa shape index (κ3) is 1.78. The summed E-state index contributed by atoms with van der Waals surface area (Å²) in [6.07, 6.45) is 0.933. The molecule has 0 aromatic carbocycles. The second kappa shape index (κ2) is 3.67. The van der Waals surface area contributed by atoms with Crippen LogP contribution in [-0.2, 0) is 4.79 Å². The van der Waals surface area contributed by atoms with Crippen LogP contribution in [-0.4, -0.2) is 23.5 Å². The smallest absolute Gasteiger partial charge is 0.242 e. The molecule has 0 saturated carbocycles. The van der Waals surface area contributed by atoms with E-state index in [2.05, 4.69) is 15.6 Å². The van der Waals surface area contributed by atoms with Gasteiger partial charge >= 0.3 is 0 Å². The van der Waals surface area contributed by atoms with Crippen LogP contribution in [0, 0.1) is 13.8 Å². The van der Waals surface area contributed by atoms with Crippen molar-refractivity contribution in [3.63, 3.8) is 0 Å². The predicted octanol–water partition coefficient (Wildman–Crippen LogP) is 1.06. The molecular formula is C9H13N3OS. The number of hydrogen-bond donors (Lipinski definition) is 2. The molecule has 2 rings (SSSR count). The van der Waals surface area contributed by atoms with Crippen LogP contribution in [0.4, 0.5) is 5.00 Å². The van der Waals surface area contributed by atoms with Crippen LogP contribution in [0.3, 0.4) is 0 Å². The van der Waals surface area contributed by atoms with Gasteiger partial charge in [-0.05, 0) is 26.8 Å². The number of carbonyl (C=O) groups excluding carboxylic acids is 1. The van der Waals surface area contributed by atoms with Crippen molar-refractivity contribution in [2.24, 2.45) is 0 Å². The maximum Gasteiger partial charge on any atom is 0.242 e. The Kier molecular flexibility index (Phi) is 2.52. The van der Waals surface area contributed by atoms with Gasteiger partial charge in [-0.1, -0.05) is 0 Å². The van der Waals surface area contributed by atoms with E-state index >= 15 is 0 Å². The Labute approximate surface area is 86.7 Å². The molecule has 1 aliphatic heterocycles. The van der Waals surface area contributed by atoms with Gasteiger partial charge in [0.1, 0.15) is 5.00 Å². The molecule has 1 fully saturated rings. The molecule has 1 aromatic rings. The molecule has 4 nitrogen and oxygen atoms in total. The van der Waals surface area contributed by atoms with E-state index in [-0.39, 0.29) is 11.9 Å². The summed E-state index contributed by atoms with van der Waals surface area (Å²) in [4.78, 5) is 15.8. The van der Waals surface area contributed by atoms with Crippen molar-refractivity contribution in [3.8, 4) is 0 Å². The lowest BCUT2D eigenvalue weighted by Gasteiger charge is -2.25. The highest BCUT2D eigenvalue weighted by atomic mass is 32.1. The van der Waals surface area contributed by atoms with Crippen molar-refractivity contribution in [2.45, 2.75) is 26.3 Å². The van der Waals surface area contributed by atoms with Crippen molar-refractivity contribution >= 4 is 22.2 Å². The van der Waals surface area contributed by atoms with Crippen molar-refractivity contribution < 1.29 is 4.79 Å². The number of aryl methyl sites for hydroxylation is 2. The van der Waals surface area contributed by atoms with Gasteiger partial charge in [0.25, 0.3) is 0 Å². The Hall–Kier alpha value is -0.940. The van der Waals surface area contributed by atoms with Crippen LogP contribution in [0.1, 0.15) is 17.1 Å². The Balaban J connectivity index is 2.02. The largest absolute Gasteiger partial charge is 0.315 e. The summed E-state index contributed by atoms with van der Waals surface area (Å²) in [6, 6.07) is -0.00296. The maximum atomic E-state index is 11.6. The van der Waals surface area contributed by atoms with Gasteiger partial charge in [-0.3, -0.25) is 4.79 Å². The number of carbonyl (C=O) groups is 1. The number of anilines is 1. The fourth-order valence-electron chi connectivity index (χ4n) is 1.36. The summed E-state index contributed by atoms with van der Waals surface area (Å²) < 4.78 is 0. The SMILES string of the molecule is Cc1nc(C)c(NC(=O)[C@H]2CCN2)s1. The minimum Gasteiger partial charge on any atom is -0.315 e. The third-order valence-electron chi connectivity index (χ3n) is 2.28. The predicted molar refractivity (Wildman–Crippen MR) is 56.6 cm³/mol. The summed E-state index contributed by atoms with van der Waals surface area (Å²) >= 11 is 1.52. The lowest BCUT2D eigenvalue weighted by molar-refractivity contribution is -0.119. The fraction of sp³-hybridized carbons (Fsp3) is 0.556. The number of nitrogens with one attached hydrogen (secondary N) is 2. The first-order chi connectivity index (χ1) is 6.66. The van der Waals surface area contributed by atoms with Gasteiger partial charge in [-0.25, -0.2) is 4.98 Å². The number of rotatable bonds is 2. The molecule has 0 unspecified atom stereocenters. The second-order valence-electron chi connectivity index (χ2n) is 3.43. The van der Waals surface area contributed by atoms with Crippen molar-refractivity contribution in [3.05, 3.63) is 10.7 Å². The fourth-order valence-corrected chi connectivity index (χ4v) is 2.18. The van der Waals surface area contributed by atoms with Crippen LogP contribution < -0.4 is 10.6 Å². The number of hydrogen-bond acceptors (Lipinski definition) is 4. The quantitative estimate of drug-likeness (QED) is 0.769. The molecule has 1 aromatic heterocycles. The molecule has 1 saturated heterocycles. The van der Waals surface area contributed by atoms with E-state index in [0.717, 1.165) is 28.7 Å². The number of thiazole rings is 1. The van der Waals surface area contributed by atoms with E-state index in [4.69, 9.17) is 0 Å². The molecule has 76 valence electrons. The molecule has 2 heterocycles. The lowest BCUT2D eigenvalue weighted by Crippen LogP contribution is -2.50. The highest BCUT2D eigenvalue weighted by Crippen LogP contribution is 2.23. The average molecular weight is 211 g/mol. The van der Waals surface area contributed by atoms with Crippen LogP contribution in [0.2, 0.25) is 0 Å². The van der Waals surface area contributed by atoms with E-state index in [0.29, 0.717) is 0 Å². The number of aromatic nitrogens is 1. The zero-order valence-electron chi connectivity index (χ0n) is 8.26. The van der Waals surface area contributed by atoms with E-state index < -0.39 is 0 Å². The zero-order valence-corrected chi connectivity index (χ0v) is 9.07. The molecule has 0 spiro atoms. The molecule has 0 radical (unpaired) electrons. The zero-order chi connectivity index (χ0) is 10.1. The van der Waals surface area contributed by atoms with Crippen LogP contribution in [0.25, 0.3) is 0 Å². The lowest BCUT2D eigenvalue weighted by atomic mass is 10.1. The Bertz CT molecular complexity index is 357. The number of nitrogens with zero attached hydrogens (tertiary/aromatic N) is 1. The van der Waals surface area contributed by atoms with Gasteiger partial charge in [-0.15, -0.1) is 11.3 Å². The van der Waals surface area contributed by atoms with Gasteiger partial charge in [0, 0.05) is 0 Å². The molecule has 14 heavy (non-hydrogen) atoms. The standard InChI is InChI=1S/C9H13N3OS/c1-5-9(14-6(2)11-5)12-8(13)7-3-4-10-7/h7,10H,3-4H2,1-2H3,(H,12,13)/t7-/m1/s1. The van der Waals surface area contributed by atoms with Crippen LogP contribution in [0.15, 0.2) is 0 Å². The molecule has 1 atom stereocenters. The molecule has 5 heteroatoms. The van der Waals surface area contributed by atoms with Crippen molar-refractivity contribution in [1.82, 2.24) is 10.3 Å². The normalized spacial score (nSPS) is 20.3. The Morgan fingerprint density at radius 1 is 1.64 bits per heavy atom. The summed E-state index contributed by atoms with van der Waals surface area (Å²) in [6.45, 7) is 4.79.